The molecule has 0 fully saturated rings. The predicted octanol–water partition coefficient (Wildman–Crippen LogP) is 1.49. The molecule has 0 aliphatic carbocycles. The molecule has 1 rings (SSSR count). The van der Waals surface area contributed by atoms with E-state index in [0.29, 0.717) is 33.0 Å². The molecule has 1 aromatic carbocycles. The molecule has 0 saturated heterocycles. The summed E-state index contributed by atoms with van der Waals surface area (Å²) >= 11 is 0. The van der Waals surface area contributed by atoms with Gasteiger partial charge >= 0.3 is 5.97 Å². The normalized spacial score (nSPS) is 10.6. The quantitative estimate of drug-likeness (QED) is 0.651. The number of benzene rings is 1. The highest BCUT2D eigenvalue weighted by Gasteiger charge is 2.05. The third-order valence-corrected chi connectivity index (χ3v) is 2.52. The van der Waals surface area contributed by atoms with Crippen LogP contribution in [0.5, 0.6) is 0 Å². The first kappa shape index (κ1) is 15.6. The van der Waals surface area contributed by atoms with E-state index >= 15 is 0 Å². The van der Waals surface area contributed by atoms with E-state index in [2.05, 4.69) is 0 Å². The number of methoxy groups -OCH3 is 1. The van der Waals surface area contributed by atoms with Gasteiger partial charge in [0.15, 0.2) is 0 Å². The molecule has 5 nitrogen and oxygen atoms in total. The van der Waals surface area contributed by atoms with Crippen molar-refractivity contribution in [3.8, 4) is 0 Å². The molecule has 0 bridgehead atoms. The van der Waals surface area contributed by atoms with Crippen LogP contribution in [0.3, 0.4) is 0 Å². The summed E-state index contributed by atoms with van der Waals surface area (Å²) in [5.74, 6) is -0.838. The molecule has 0 aliphatic heterocycles. The lowest BCUT2D eigenvalue weighted by molar-refractivity contribution is -0.136. The molecule has 5 heteroatoms. The zero-order chi connectivity index (χ0) is 13.9. The number of aliphatic carboxylic acids is 1. The minimum atomic E-state index is -0.838. The third kappa shape index (κ3) is 6.91. The van der Waals surface area contributed by atoms with Gasteiger partial charge < -0.3 is 19.3 Å². The van der Waals surface area contributed by atoms with Gasteiger partial charge in [-0.3, -0.25) is 4.79 Å². The second-order valence-electron chi connectivity index (χ2n) is 4.00. The average Bonchev–Trinajstić information content (AvgIpc) is 2.39. The van der Waals surface area contributed by atoms with Crippen LogP contribution >= 0.6 is 0 Å². The summed E-state index contributed by atoms with van der Waals surface area (Å²) in [6, 6.07) is 7.39. The molecule has 1 aromatic rings. The Balaban J connectivity index is 2.26. The second-order valence-corrected chi connectivity index (χ2v) is 4.00. The Morgan fingerprint density at radius 3 is 2.37 bits per heavy atom. The van der Waals surface area contributed by atoms with Crippen molar-refractivity contribution in [2.24, 2.45) is 0 Å². The van der Waals surface area contributed by atoms with Crippen molar-refractivity contribution in [3.05, 3.63) is 35.4 Å². The Kier molecular flexibility index (Phi) is 7.81. The summed E-state index contributed by atoms with van der Waals surface area (Å²) < 4.78 is 15.6. The maximum atomic E-state index is 10.7. The smallest absolute Gasteiger partial charge is 0.307 e. The summed E-state index contributed by atoms with van der Waals surface area (Å²) in [6.07, 6.45) is 0.0177. The molecule has 106 valence electrons. The van der Waals surface area contributed by atoms with Crippen LogP contribution in [0.1, 0.15) is 11.1 Å². The van der Waals surface area contributed by atoms with Crippen LogP contribution in [0.25, 0.3) is 0 Å². The molecule has 0 saturated carbocycles. The Bertz CT molecular complexity index is 378. The Labute approximate surface area is 113 Å². The molecule has 0 radical (unpaired) electrons. The molecule has 0 aromatic heterocycles. The Morgan fingerprint density at radius 2 is 1.68 bits per heavy atom. The lowest BCUT2D eigenvalue weighted by Gasteiger charge is -2.09. The number of hydrogen-bond donors (Lipinski definition) is 1. The van der Waals surface area contributed by atoms with Gasteiger partial charge in [-0.2, -0.15) is 0 Å². The number of rotatable bonds is 10. The van der Waals surface area contributed by atoms with Crippen molar-refractivity contribution in [1.82, 2.24) is 0 Å². The van der Waals surface area contributed by atoms with E-state index in [-0.39, 0.29) is 6.42 Å². The fraction of sp³-hybridized carbons (Fsp3) is 0.500. The van der Waals surface area contributed by atoms with Crippen molar-refractivity contribution in [2.75, 3.05) is 33.5 Å². The molecule has 19 heavy (non-hydrogen) atoms. The van der Waals surface area contributed by atoms with Crippen LogP contribution in [-0.2, 0) is 32.0 Å². The summed E-state index contributed by atoms with van der Waals surface area (Å²) in [4.78, 5) is 10.7. The molecular weight excluding hydrogens is 248 g/mol. The van der Waals surface area contributed by atoms with Gasteiger partial charge in [-0.05, 0) is 11.1 Å². The summed E-state index contributed by atoms with van der Waals surface area (Å²) in [6.45, 7) is 2.50. The number of carboxylic acids is 1. The lowest BCUT2D eigenvalue weighted by Crippen LogP contribution is -2.09. The molecule has 0 heterocycles. The summed E-state index contributed by atoms with van der Waals surface area (Å²) in [5, 5.41) is 8.81. The van der Waals surface area contributed by atoms with Crippen molar-refractivity contribution in [3.63, 3.8) is 0 Å². The van der Waals surface area contributed by atoms with E-state index in [4.69, 9.17) is 19.3 Å². The average molecular weight is 268 g/mol. The highest BCUT2D eigenvalue weighted by Crippen LogP contribution is 2.10. The standard InChI is InChI=1S/C14H20O5/c1-17-6-7-18-8-9-19-11-13-5-3-2-4-12(13)10-14(15)16/h2-5H,6-11H2,1H3,(H,15,16). The zero-order valence-corrected chi connectivity index (χ0v) is 11.1. The van der Waals surface area contributed by atoms with Crippen molar-refractivity contribution in [1.29, 1.82) is 0 Å². The second kappa shape index (κ2) is 9.49. The summed E-state index contributed by atoms with van der Waals surface area (Å²) in [5.41, 5.74) is 1.69. The first-order valence-electron chi connectivity index (χ1n) is 6.17. The molecule has 0 atom stereocenters. The van der Waals surface area contributed by atoms with Crippen molar-refractivity contribution < 1.29 is 24.1 Å². The van der Waals surface area contributed by atoms with Gasteiger partial charge in [0, 0.05) is 7.11 Å². The van der Waals surface area contributed by atoms with Gasteiger partial charge in [-0.15, -0.1) is 0 Å². The van der Waals surface area contributed by atoms with Crippen LogP contribution in [0.2, 0.25) is 0 Å². The van der Waals surface area contributed by atoms with Gasteiger partial charge in [0.1, 0.15) is 0 Å². The Morgan fingerprint density at radius 1 is 1.05 bits per heavy atom. The third-order valence-electron chi connectivity index (χ3n) is 2.52. The number of hydrogen-bond acceptors (Lipinski definition) is 4. The van der Waals surface area contributed by atoms with E-state index in [1.807, 2.05) is 24.3 Å². The lowest BCUT2D eigenvalue weighted by atomic mass is 10.1. The van der Waals surface area contributed by atoms with E-state index < -0.39 is 5.97 Å². The maximum absolute atomic E-state index is 10.7. The molecule has 1 N–H and O–H groups in total. The molecule has 0 amide bonds. The van der Waals surface area contributed by atoms with Gasteiger partial charge in [0.25, 0.3) is 0 Å². The van der Waals surface area contributed by atoms with E-state index in [9.17, 15) is 4.79 Å². The van der Waals surface area contributed by atoms with E-state index in [1.54, 1.807) is 7.11 Å². The number of carboxylic acid groups (broad SMARTS) is 1. The fourth-order valence-corrected chi connectivity index (χ4v) is 1.58. The first-order valence-corrected chi connectivity index (χ1v) is 6.17. The Hall–Kier alpha value is -1.43. The number of ether oxygens (including phenoxy) is 3. The van der Waals surface area contributed by atoms with Crippen LogP contribution < -0.4 is 0 Å². The molecule has 0 spiro atoms. The highest BCUT2D eigenvalue weighted by molar-refractivity contribution is 5.70. The van der Waals surface area contributed by atoms with Crippen molar-refractivity contribution >= 4 is 5.97 Å². The van der Waals surface area contributed by atoms with Gasteiger partial charge in [0.2, 0.25) is 0 Å². The highest BCUT2D eigenvalue weighted by atomic mass is 16.5. The topological polar surface area (TPSA) is 65.0 Å². The van der Waals surface area contributed by atoms with Crippen LogP contribution in [0.15, 0.2) is 24.3 Å². The maximum Gasteiger partial charge on any atom is 0.307 e. The van der Waals surface area contributed by atoms with Crippen molar-refractivity contribution in [2.45, 2.75) is 13.0 Å². The van der Waals surface area contributed by atoms with E-state index in [0.717, 1.165) is 11.1 Å². The van der Waals surface area contributed by atoms with Gasteiger partial charge in [0.05, 0.1) is 39.5 Å². The summed E-state index contributed by atoms with van der Waals surface area (Å²) in [7, 11) is 1.62. The molecule has 0 unspecified atom stereocenters. The number of carbonyl (C=O) groups is 1. The molecule has 0 aliphatic rings. The minimum absolute atomic E-state index is 0.0177. The van der Waals surface area contributed by atoms with Crippen LogP contribution in [0, 0.1) is 0 Å². The van der Waals surface area contributed by atoms with Gasteiger partial charge in [-0.25, -0.2) is 0 Å². The van der Waals surface area contributed by atoms with Crippen LogP contribution in [0.4, 0.5) is 0 Å². The fourth-order valence-electron chi connectivity index (χ4n) is 1.58. The monoisotopic (exact) mass is 268 g/mol. The molecular formula is C14H20O5. The van der Waals surface area contributed by atoms with Gasteiger partial charge in [-0.1, -0.05) is 24.3 Å². The van der Waals surface area contributed by atoms with E-state index in [1.165, 1.54) is 0 Å². The zero-order valence-electron chi connectivity index (χ0n) is 11.1. The largest absolute Gasteiger partial charge is 0.481 e. The van der Waals surface area contributed by atoms with Crippen LogP contribution in [-0.4, -0.2) is 44.6 Å². The SMILES string of the molecule is COCCOCCOCc1ccccc1CC(=O)O. The predicted molar refractivity (Wildman–Crippen MR) is 70.1 cm³/mol. The minimum Gasteiger partial charge on any atom is -0.481 e. The first-order chi connectivity index (χ1) is 9.24.